The molecule has 0 aliphatic rings. The third-order valence-corrected chi connectivity index (χ3v) is 1.95. The van der Waals surface area contributed by atoms with Crippen LogP contribution >= 0.6 is 0 Å². The van der Waals surface area contributed by atoms with Crippen molar-refractivity contribution in [1.82, 2.24) is 0 Å². The molecule has 1 rings (SSSR count). The van der Waals surface area contributed by atoms with Crippen LogP contribution in [0.1, 0.15) is 6.92 Å². The Labute approximate surface area is 94.3 Å². The van der Waals surface area contributed by atoms with Gasteiger partial charge in [0.2, 0.25) is 0 Å². The number of methoxy groups -OCH3 is 2. The Morgan fingerprint density at radius 1 is 1.31 bits per heavy atom. The molecule has 0 atom stereocenters. The summed E-state index contributed by atoms with van der Waals surface area (Å²) in [4.78, 5) is 10.6. The number of hydrogen-bond donors (Lipinski definition) is 1. The van der Waals surface area contributed by atoms with Crippen molar-refractivity contribution in [3.05, 3.63) is 18.2 Å². The first kappa shape index (κ1) is 12.2. The van der Waals surface area contributed by atoms with Crippen LogP contribution < -0.4 is 14.8 Å². The lowest BCUT2D eigenvalue weighted by Gasteiger charge is -2.12. The fourth-order valence-electron chi connectivity index (χ4n) is 1.16. The Bertz CT molecular complexity index is 365. The van der Waals surface area contributed by atoms with Crippen LogP contribution in [0.4, 0.5) is 5.69 Å². The van der Waals surface area contributed by atoms with Crippen LogP contribution in [-0.2, 0) is 9.53 Å². The molecule has 0 fully saturated rings. The minimum atomic E-state index is -0.333. The lowest BCUT2D eigenvalue weighted by atomic mass is 10.3. The Balaban J connectivity index is 2.68. The van der Waals surface area contributed by atoms with Gasteiger partial charge < -0.3 is 19.5 Å². The molecule has 5 nitrogen and oxygen atoms in total. The van der Waals surface area contributed by atoms with Gasteiger partial charge in [0.25, 0.3) is 0 Å². The second-order valence-electron chi connectivity index (χ2n) is 3.02. The second-order valence-corrected chi connectivity index (χ2v) is 3.02. The average molecular weight is 225 g/mol. The van der Waals surface area contributed by atoms with Gasteiger partial charge in [-0.2, -0.15) is 0 Å². The molecule has 1 N–H and O–H groups in total. The van der Waals surface area contributed by atoms with Crippen LogP contribution in [0.3, 0.4) is 0 Å². The lowest BCUT2D eigenvalue weighted by Crippen LogP contribution is -2.10. The number of anilines is 1. The van der Waals surface area contributed by atoms with E-state index in [-0.39, 0.29) is 12.7 Å². The average Bonchev–Trinajstić information content (AvgIpc) is 2.29. The van der Waals surface area contributed by atoms with Gasteiger partial charge in [0.1, 0.15) is 11.5 Å². The van der Waals surface area contributed by atoms with E-state index in [1.54, 1.807) is 32.4 Å². The second kappa shape index (κ2) is 5.85. The van der Waals surface area contributed by atoms with E-state index < -0.39 is 0 Å². The molecule has 0 spiro atoms. The largest absolute Gasteiger partial charge is 0.497 e. The molecule has 16 heavy (non-hydrogen) atoms. The molecule has 0 aliphatic heterocycles. The van der Waals surface area contributed by atoms with Gasteiger partial charge >= 0.3 is 5.97 Å². The van der Waals surface area contributed by atoms with E-state index in [2.05, 4.69) is 5.32 Å². The van der Waals surface area contributed by atoms with E-state index in [4.69, 9.17) is 14.2 Å². The number of nitrogens with one attached hydrogen (secondary N) is 1. The summed E-state index contributed by atoms with van der Waals surface area (Å²) in [5, 5.41) is 2.92. The van der Waals surface area contributed by atoms with Crippen LogP contribution in [0.15, 0.2) is 18.2 Å². The van der Waals surface area contributed by atoms with Gasteiger partial charge in [0.15, 0.2) is 6.73 Å². The van der Waals surface area contributed by atoms with Gasteiger partial charge in [-0.15, -0.1) is 0 Å². The van der Waals surface area contributed by atoms with Crippen molar-refractivity contribution in [1.29, 1.82) is 0 Å². The molecule has 0 bridgehead atoms. The lowest BCUT2D eigenvalue weighted by molar-refractivity contribution is -0.140. The van der Waals surface area contributed by atoms with Gasteiger partial charge in [0.05, 0.1) is 19.9 Å². The Hall–Kier alpha value is -1.91. The van der Waals surface area contributed by atoms with E-state index >= 15 is 0 Å². The molecule has 0 radical (unpaired) electrons. The first-order chi connectivity index (χ1) is 7.67. The van der Waals surface area contributed by atoms with Gasteiger partial charge in [-0.25, -0.2) is 0 Å². The minimum Gasteiger partial charge on any atom is -0.497 e. The molecule has 0 aromatic heterocycles. The molecule has 5 heteroatoms. The summed E-state index contributed by atoms with van der Waals surface area (Å²) in [5.74, 6) is 1.00. The molecule has 0 aliphatic carbocycles. The number of benzene rings is 1. The number of rotatable bonds is 5. The third kappa shape index (κ3) is 3.34. The number of carbonyl (C=O) groups is 1. The zero-order valence-electron chi connectivity index (χ0n) is 9.57. The predicted octanol–water partition coefficient (Wildman–Crippen LogP) is 1.64. The van der Waals surface area contributed by atoms with E-state index in [0.717, 1.165) is 5.69 Å². The summed E-state index contributed by atoms with van der Waals surface area (Å²) in [7, 11) is 3.15. The van der Waals surface area contributed by atoms with Gasteiger partial charge in [0, 0.05) is 13.0 Å². The van der Waals surface area contributed by atoms with E-state index in [1.165, 1.54) is 6.92 Å². The number of hydrogen-bond acceptors (Lipinski definition) is 5. The maximum absolute atomic E-state index is 10.6. The highest BCUT2D eigenvalue weighted by Gasteiger charge is 2.04. The zero-order chi connectivity index (χ0) is 12.0. The highest BCUT2D eigenvalue weighted by Crippen LogP contribution is 2.28. The van der Waals surface area contributed by atoms with Crippen LogP contribution in [0.2, 0.25) is 0 Å². The predicted molar refractivity (Wildman–Crippen MR) is 59.8 cm³/mol. The van der Waals surface area contributed by atoms with Crippen LogP contribution in [-0.4, -0.2) is 26.9 Å². The first-order valence-electron chi connectivity index (χ1n) is 4.76. The Kier molecular flexibility index (Phi) is 4.44. The maximum Gasteiger partial charge on any atom is 0.304 e. The van der Waals surface area contributed by atoms with Crippen molar-refractivity contribution in [3.63, 3.8) is 0 Å². The van der Waals surface area contributed by atoms with Crippen molar-refractivity contribution in [3.8, 4) is 11.5 Å². The summed E-state index contributed by atoms with van der Waals surface area (Å²) < 4.78 is 15.0. The SMILES string of the molecule is COc1ccc(NCOC(C)=O)c(OC)c1. The summed E-state index contributed by atoms with van der Waals surface area (Å²) in [6.45, 7) is 1.46. The fraction of sp³-hybridized carbons (Fsp3) is 0.364. The summed E-state index contributed by atoms with van der Waals surface area (Å²) in [6.07, 6.45) is 0. The molecule has 1 aromatic rings. The van der Waals surface area contributed by atoms with E-state index in [0.29, 0.717) is 11.5 Å². The fourth-order valence-corrected chi connectivity index (χ4v) is 1.16. The number of carbonyl (C=O) groups excluding carboxylic acids is 1. The molecule has 0 saturated carbocycles. The van der Waals surface area contributed by atoms with E-state index in [1.807, 2.05) is 0 Å². The van der Waals surface area contributed by atoms with Crippen molar-refractivity contribution in [2.75, 3.05) is 26.3 Å². The molecule has 0 amide bonds. The standard InChI is InChI=1S/C11H15NO4/c1-8(13)16-7-12-10-5-4-9(14-2)6-11(10)15-3/h4-6,12H,7H2,1-3H3. The van der Waals surface area contributed by atoms with Crippen molar-refractivity contribution in [2.24, 2.45) is 0 Å². The summed E-state index contributed by atoms with van der Waals surface area (Å²) in [5.41, 5.74) is 0.740. The summed E-state index contributed by atoms with van der Waals surface area (Å²) in [6, 6.07) is 5.33. The highest BCUT2D eigenvalue weighted by molar-refractivity contribution is 5.66. The van der Waals surface area contributed by atoms with Crippen LogP contribution in [0.25, 0.3) is 0 Å². The normalized spacial score (nSPS) is 9.44. The smallest absolute Gasteiger partial charge is 0.304 e. The third-order valence-electron chi connectivity index (χ3n) is 1.95. The molecular formula is C11H15NO4. The van der Waals surface area contributed by atoms with Crippen molar-refractivity contribution in [2.45, 2.75) is 6.92 Å². The Morgan fingerprint density at radius 3 is 2.62 bits per heavy atom. The number of ether oxygens (including phenoxy) is 3. The summed E-state index contributed by atoms with van der Waals surface area (Å²) >= 11 is 0. The van der Waals surface area contributed by atoms with Gasteiger partial charge in [-0.05, 0) is 12.1 Å². The molecule has 0 heterocycles. The van der Waals surface area contributed by atoms with Crippen LogP contribution in [0, 0.1) is 0 Å². The minimum absolute atomic E-state index is 0.109. The molecular weight excluding hydrogens is 210 g/mol. The first-order valence-corrected chi connectivity index (χ1v) is 4.76. The highest BCUT2D eigenvalue weighted by atomic mass is 16.5. The topological polar surface area (TPSA) is 56.8 Å². The Morgan fingerprint density at radius 2 is 2.06 bits per heavy atom. The van der Waals surface area contributed by atoms with Crippen LogP contribution in [0.5, 0.6) is 11.5 Å². The molecule has 0 unspecified atom stereocenters. The number of esters is 1. The molecule has 1 aromatic carbocycles. The van der Waals surface area contributed by atoms with Crippen molar-refractivity contribution >= 4 is 11.7 Å². The monoisotopic (exact) mass is 225 g/mol. The van der Waals surface area contributed by atoms with Gasteiger partial charge in [-0.1, -0.05) is 0 Å². The van der Waals surface area contributed by atoms with Gasteiger partial charge in [-0.3, -0.25) is 4.79 Å². The molecule has 88 valence electrons. The quantitative estimate of drug-likeness (QED) is 0.609. The zero-order valence-corrected chi connectivity index (χ0v) is 9.57. The van der Waals surface area contributed by atoms with E-state index in [9.17, 15) is 4.79 Å². The van der Waals surface area contributed by atoms with Crippen molar-refractivity contribution < 1.29 is 19.0 Å². The molecule has 0 saturated heterocycles. The maximum atomic E-state index is 10.6.